The highest BCUT2D eigenvalue weighted by atomic mass is 35.5. The van der Waals surface area contributed by atoms with Crippen molar-refractivity contribution in [1.82, 2.24) is 5.32 Å². The van der Waals surface area contributed by atoms with Gasteiger partial charge in [0, 0.05) is 17.6 Å². The van der Waals surface area contributed by atoms with Crippen molar-refractivity contribution in [3.63, 3.8) is 0 Å². The van der Waals surface area contributed by atoms with Crippen molar-refractivity contribution >= 4 is 11.6 Å². The molecule has 1 N–H and O–H groups in total. The molecule has 2 aliphatic rings. The van der Waals surface area contributed by atoms with Crippen LogP contribution < -0.4 is 5.32 Å². The maximum absolute atomic E-state index is 5.96. The first-order valence-corrected chi connectivity index (χ1v) is 7.61. The van der Waals surface area contributed by atoms with Crippen LogP contribution in [0.1, 0.15) is 44.1 Å². The molecule has 0 heterocycles. The van der Waals surface area contributed by atoms with Crippen LogP contribution in [0.3, 0.4) is 0 Å². The summed E-state index contributed by atoms with van der Waals surface area (Å²) in [4.78, 5) is 0. The third-order valence-electron chi connectivity index (χ3n) is 4.50. The molecule has 0 amide bonds. The number of hydrogen-bond acceptors (Lipinski definition) is 1. The molecule has 1 aromatic carbocycles. The molecule has 2 heteroatoms. The third-order valence-corrected chi connectivity index (χ3v) is 4.75. The Morgan fingerprint density at radius 1 is 1.11 bits per heavy atom. The summed E-state index contributed by atoms with van der Waals surface area (Å²) in [6.07, 6.45) is 9.56. The van der Waals surface area contributed by atoms with Gasteiger partial charge < -0.3 is 5.32 Å². The minimum atomic E-state index is 0.510. The molecule has 0 spiro atoms. The van der Waals surface area contributed by atoms with Gasteiger partial charge in [-0.1, -0.05) is 36.6 Å². The first-order valence-electron chi connectivity index (χ1n) is 7.24. The molecule has 0 aliphatic heterocycles. The van der Waals surface area contributed by atoms with Gasteiger partial charge in [0.15, 0.2) is 0 Å². The molecule has 0 bridgehead atoms. The fourth-order valence-electron chi connectivity index (χ4n) is 3.22. The van der Waals surface area contributed by atoms with Crippen LogP contribution in [0, 0.1) is 5.41 Å². The van der Waals surface area contributed by atoms with Gasteiger partial charge in [0.2, 0.25) is 0 Å². The molecule has 18 heavy (non-hydrogen) atoms. The summed E-state index contributed by atoms with van der Waals surface area (Å²) in [5, 5.41) is 4.59. The molecule has 2 fully saturated rings. The molecule has 1 nitrogen and oxygen atoms in total. The molecule has 1 aromatic rings. The van der Waals surface area contributed by atoms with E-state index in [0.29, 0.717) is 5.41 Å². The van der Waals surface area contributed by atoms with Crippen molar-refractivity contribution in [2.75, 3.05) is 6.54 Å². The molecule has 0 atom stereocenters. The van der Waals surface area contributed by atoms with Crippen molar-refractivity contribution < 1.29 is 0 Å². The van der Waals surface area contributed by atoms with E-state index < -0.39 is 0 Å². The Labute approximate surface area is 115 Å². The number of nitrogens with one attached hydrogen (secondary N) is 1. The number of hydrogen-bond donors (Lipinski definition) is 1. The van der Waals surface area contributed by atoms with Crippen molar-refractivity contribution in [2.45, 2.75) is 51.0 Å². The molecule has 0 radical (unpaired) electrons. The van der Waals surface area contributed by atoms with Gasteiger partial charge in [-0.15, -0.1) is 0 Å². The van der Waals surface area contributed by atoms with Gasteiger partial charge in [-0.3, -0.25) is 0 Å². The Balaban J connectivity index is 1.66. The average Bonchev–Trinajstić information content (AvgIpc) is 3.10. The summed E-state index contributed by atoms with van der Waals surface area (Å²) in [5.41, 5.74) is 1.95. The molecule has 2 saturated carbocycles. The van der Waals surface area contributed by atoms with Gasteiger partial charge in [-0.05, 0) is 55.2 Å². The molecule has 98 valence electrons. The quantitative estimate of drug-likeness (QED) is 0.840. The first kappa shape index (κ1) is 12.5. The average molecular weight is 264 g/mol. The molecule has 0 aromatic heterocycles. The highest BCUT2D eigenvalue weighted by Crippen LogP contribution is 2.41. The summed E-state index contributed by atoms with van der Waals surface area (Å²) in [6.45, 7) is 1.21. The topological polar surface area (TPSA) is 12.0 Å². The van der Waals surface area contributed by atoms with Crippen LogP contribution in [0.25, 0.3) is 0 Å². The monoisotopic (exact) mass is 263 g/mol. The Kier molecular flexibility index (Phi) is 3.63. The van der Waals surface area contributed by atoms with Crippen LogP contribution >= 0.6 is 11.6 Å². The SMILES string of the molecule is Clc1ccc(CC2(CNC3CC3)CCCC2)cc1. The lowest BCUT2D eigenvalue weighted by molar-refractivity contribution is 0.276. The van der Waals surface area contributed by atoms with Crippen molar-refractivity contribution in [3.8, 4) is 0 Å². The standard InChI is InChI=1S/C16H22ClN/c17-14-5-3-13(4-6-14)11-16(9-1-2-10-16)12-18-15-7-8-15/h3-6,15,18H,1-2,7-12H2. The van der Waals surface area contributed by atoms with Crippen LogP contribution in [0.4, 0.5) is 0 Å². The van der Waals surface area contributed by atoms with Crippen molar-refractivity contribution in [1.29, 1.82) is 0 Å². The second-order valence-electron chi connectivity index (χ2n) is 6.17. The van der Waals surface area contributed by atoms with Gasteiger partial charge in [-0.25, -0.2) is 0 Å². The zero-order chi connectivity index (χ0) is 12.4. The maximum atomic E-state index is 5.96. The van der Waals surface area contributed by atoms with Crippen LogP contribution in [-0.4, -0.2) is 12.6 Å². The Bertz CT molecular complexity index is 388. The van der Waals surface area contributed by atoms with E-state index in [1.807, 2.05) is 12.1 Å². The Morgan fingerprint density at radius 2 is 1.78 bits per heavy atom. The minimum Gasteiger partial charge on any atom is -0.313 e. The van der Waals surface area contributed by atoms with Gasteiger partial charge in [0.25, 0.3) is 0 Å². The van der Waals surface area contributed by atoms with E-state index >= 15 is 0 Å². The highest BCUT2D eigenvalue weighted by molar-refractivity contribution is 6.30. The summed E-state index contributed by atoms with van der Waals surface area (Å²) in [5.74, 6) is 0. The lowest BCUT2D eigenvalue weighted by Gasteiger charge is -2.29. The van der Waals surface area contributed by atoms with E-state index in [-0.39, 0.29) is 0 Å². The van der Waals surface area contributed by atoms with E-state index in [1.165, 1.54) is 57.1 Å². The zero-order valence-electron chi connectivity index (χ0n) is 10.9. The van der Waals surface area contributed by atoms with Gasteiger partial charge in [0.1, 0.15) is 0 Å². The highest BCUT2D eigenvalue weighted by Gasteiger charge is 2.35. The van der Waals surface area contributed by atoms with Crippen LogP contribution in [0.15, 0.2) is 24.3 Å². The first-order chi connectivity index (χ1) is 8.76. The molecule has 2 aliphatic carbocycles. The van der Waals surface area contributed by atoms with Crippen LogP contribution in [0.2, 0.25) is 5.02 Å². The lowest BCUT2D eigenvalue weighted by atomic mass is 9.80. The largest absolute Gasteiger partial charge is 0.313 e. The van der Waals surface area contributed by atoms with E-state index in [2.05, 4.69) is 17.4 Å². The Morgan fingerprint density at radius 3 is 2.39 bits per heavy atom. The zero-order valence-corrected chi connectivity index (χ0v) is 11.7. The number of halogens is 1. The predicted octanol–water partition coefficient (Wildman–Crippen LogP) is 4.19. The van der Waals surface area contributed by atoms with Crippen molar-refractivity contribution in [3.05, 3.63) is 34.9 Å². The maximum Gasteiger partial charge on any atom is 0.0406 e. The normalized spacial score (nSPS) is 22.3. The molecule has 0 saturated heterocycles. The number of benzene rings is 1. The van der Waals surface area contributed by atoms with Gasteiger partial charge in [-0.2, -0.15) is 0 Å². The molecule has 0 unspecified atom stereocenters. The summed E-state index contributed by atoms with van der Waals surface area (Å²) >= 11 is 5.96. The smallest absolute Gasteiger partial charge is 0.0406 e. The fourth-order valence-corrected chi connectivity index (χ4v) is 3.35. The van der Waals surface area contributed by atoms with E-state index in [1.54, 1.807) is 0 Å². The van der Waals surface area contributed by atoms with Crippen LogP contribution in [-0.2, 0) is 6.42 Å². The summed E-state index contributed by atoms with van der Waals surface area (Å²) in [6, 6.07) is 9.26. The van der Waals surface area contributed by atoms with E-state index in [9.17, 15) is 0 Å². The van der Waals surface area contributed by atoms with Crippen molar-refractivity contribution in [2.24, 2.45) is 5.41 Å². The molecular weight excluding hydrogens is 242 g/mol. The second kappa shape index (κ2) is 5.22. The number of rotatable bonds is 5. The van der Waals surface area contributed by atoms with E-state index in [4.69, 9.17) is 11.6 Å². The van der Waals surface area contributed by atoms with Gasteiger partial charge >= 0.3 is 0 Å². The minimum absolute atomic E-state index is 0.510. The second-order valence-corrected chi connectivity index (χ2v) is 6.60. The Hall–Kier alpha value is -0.530. The fraction of sp³-hybridized carbons (Fsp3) is 0.625. The third kappa shape index (κ3) is 3.07. The predicted molar refractivity (Wildman–Crippen MR) is 77.1 cm³/mol. The summed E-state index contributed by atoms with van der Waals surface area (Å²) < 4.78 is 0. The van der Waals surface area contributed by atoms with Crippen LogP contribution in [0.5, 0.6) is 0 Å². The van der Waals surface area contributed by atoms with E-state index in [0.717, 1.165) is 11.1 Å². The summed E-state index contributed by atoms with van der Waals surface area (Å²) in [7, 11) is 0. The van der Waals surface area contributed by atoms with Gasteiger partial charge in [0.05, 0.1) is 0 Å². The lowest BCUT2D eigenvalue weighted by Crippen LogP contribution is -2.35. The molecular formula is C16H22ClN. The molecule has 3 rings (SSSR count).